The topological polar surface area (TPSA) is 46.5 Å². The van der Waals surface area contributed by atoms with E-state index in [1.165, 1.54) is 12.1 Å². The molecule has 44 heavy (non-hydrogen) atoms. The number of rotatable bonds is 13. The van der Waals surface area contributed by atoms with Crippen molar-refractivity contribution in [1.29, 1.82) is 0 Å². The van der Waals surface area contributed by atoms with Crippen molar-refractivity contribution in [1.82, 2.24) is 0 Å². The molecule has 1 fully saturated rings. The lowest BCUT2D eigenvalue weighted by atomic mass is 9.73. The van der Waals surface area contributed by atoms with Crippen LogP contribution in [0.15, 0.2) is 66.7 Å². The van der Waals surface area contributed by atoms with Crippen LogP contribution in [0.1, 0.15) is 82.3 Å². The normalized spacial score (nSPS) is 17.0. The first kappa shape index (κ1) is 35.3. The molecule has 0 heterocycles. The van der Waals surface area contributed by atoms with E-state index in [9.17, 15) is 14.3 Å². The Balaban J connectivity index is 0.000000978. The SMILES string of the molecule is C=C(C)C=O.CCCCCc1ccc(-c2ccc(-c3ccc(C4CCC(C(CCO)COC)CC4)cc3F)cc2F)cc1F. The van der Waals surface area contributed by atoms with Gasteiger partial charge in [0.2, 0.25) is 0 Å². The van der Waals surface area contributed by atoms with Gasteiger partial charge in [-0.3, -0.25) is 4.79 Å². The predicted molar refractivity (Wildman–Crippen MR) is 173 cm³/mol. The van der Waals surface area contributed by atoms with E-state index < -0.39 is 5.82 Å². The van der Waals surface area contributed by atoms with Crippen LogP contribution in [0.25, 0.3) is 22.3 Å². The smallest absolute Gasteiger partial charge is 0.145 e. The Hall–Kier alpha value is -3.22. The molecule has 1 saturated carbocycles. The number of carbonyl (C=O) groups is 1. The zero-order valence-corrected chi connectivity index (χ0v) is 26.4. The summed E-state index contributed by atoms with van der Waals surface area (Å²) in [6.07, 6.45) is 9.24. The number of allylic oxidation sites excluding steroid dienone is 1. The van der Waals surface area contributed by atoms with E-state index in [2.05, 4.69) is 13.5 Å². The molecule has 0 aromatic heterocycles. The Morgan fingerprint density at radius 3 is 2.05 bits per heavy atom. The highest BCUT2D eigenvalue weighted by molar-refractivity contribution is 5.72. The first-order chi connectivity index (χ1) is 21.2. The molecule has 0 spiro atoms. The molecule has 3 nitrogen and oxygen atoms in total. The van der Waals surface area contributed by atoms with Gasteiger partial charge in [-0.1, -0.05) is 62.7 Å². The number of aliphatic hydroxyl groups is 1. The fourth-order valence-electron chi connectivity index (χ4n) is 6.18. The number of aliphatic hydroxyl groups excluding tert-OH is 1. The zero-order valence-electron chi connectivity index (χ0n) is 26.4. The molecular weight excluding hydrogens is 561 g/mol. The summed E-state index contributed by atoms with van der Waals surface area (Å²) in [6.45, 7) is 7.91. The van der Waals surface area contributed by atoms with Crippen LogP contribution in [0.5, 0.6) is 0 Å². The Labute approximate surface area is 261 Å². The fourth-order valence-corrected chi connectivity index (χ4v) is 6.18. The maximum atomic E-state index is 15.3. The van der Waals surface area contributed by atoms with Gasteiger partial charge in [-0.2, -0.15) is 0 Å². The number of benzene rings is 3. The molecule has 1 atom stereocenters. The minimum absolute atomic E-state index is 0.171. The first-order valence-electron chi connectivity index (χ1n) is 15.8. The predicted octanol–water partition coefficient (Wildman–Crippen LogP) is 9.85. The summed E-state index contributed by atoms with van der Waals surface area (Å²) < 4.78 is 50.4. The molecule has 4 rings (SSSR count). The van der Waals surface area contributed by atoms with Gasteiger partial charge in [-0.15, -0.1) is 0 Å². The molecule has 3 aromatic rings. The number of carbonyl (C=O) groups excluding carboxylic acids is 1. The van der Waals surface area contributed by atoms with Crippen LogP contribution in [0.4, 0.5) is 13.2 Å². The third-order valence-corrected chi connectivity index (χ3v) is 8.68. The van der Waals surface area contributed by atoms with Gasteiger partial charge >= 0.3 is 0 Å². The van der Waals surface area contributed by atoms with Crippen LogP contribution in [-0.2, 0) is 16.0 Å². The summed E-state index contributed by atoms with van der Waals surface area (Å²) in [5.41, 5.74) is 3.82. The number of hydrogen-bond acceptors (Lipinski definition) is 3. The number of unbranched alkanes of at least 4 members (excludes halogenated alkanes) is 2. The Morgan fingerprint density at radius 1 is 0.932 bits per heavy atom. The van der Waals surface area contributed by atoms with Crippen molar-refractivity contribution in [2.24, 2.45) is 11.8 Å². The third-order valence-electron chi connectivity index (χ3n) is 8.68. The van der Waals surface area contributed by atoms with Crippen molar-refractivity contribution >= 4 is 6.29 Å². The van der Waals surface area contributed by atoms with E-state index in [1.807, 2.05) is 6.07 Å². The molecule has 1 N–H and O–H groups in total. The molecule has 238 valence electrons. The van der Waals surface area contributed by atoms with Crippen molar-refractivity contribution in [3.63, 3.8) is 0 Å². The van der Waals surface area contributed by atoms with Gasteiger partial charge in [0.25, 0.3) is 0 Å². The molecule has 3 aromatic carbocycles. The Kier molecular flexibility index (Phi) is 14.4. The highest BCUT2D eigenvalue weighted by atomic mass is 19.1. The number of aryl methyl sites for hydroxylation is 1. The van der Waals surface area contributed by atoms with E-state index in [1.54, 1.807) is 50.4 Å². The van der Waals surface area contributed by atoms with Crippen LogP contribution >= 0.6 is 0 Å². The molecule has 0 amide bonds. The maximum Gasteiger partial charge on any atom is 0.145 e. The van der Waals surface area contributed by atoms with Gasteiger partial charge in [-0.25, -0.2) is 13.2 Å². The molecule has 0 bridgehead atoms. The minimum Gasteiger partial charge on any atom is -0.396 e. The second kappa shape index (κ2) is 17.9. The van der Waals surface area contributed by atoms with Crippen molar-refractivity contribution in [2.45, 2.75) is 77.6 Å². The highest BCUT2D eigenvalue weighted by Gasteiger charge is 2.28. The summed E-state index contributed by atoms with van der Waals surface area (Å²) in [5, 5.41) is 9.38. The van der Waals surface area contributed by atoms with E-state index >= 15 is 8.78 Å². The zero-order chi connectivity index (χ0) is 32.1. The second-order valence-electron chi connectivity index (χ2n) is 12.0. The maximum absolute atomic E-state index is 15.3. The van der Waals surface area contributed by atoms with E-state index in [-0.39, 0.29) is 18.2 Å². The highest BCUT2D eigenvalue weighted by Crippen LogP contribution is 2.41. The van der Waals surface area contributed by atoms with Crippen molar-refractivity contribution in [3.05, 3.63) is 95.3 Å². The van der Waals surface area contributed by atoms with Crippen molar-refractivity contribution in [2.75, 3.05) is 20.3 Å². The standard InChI is InChI=1S/C34H41F3O2.C4H6O/c1-3-4-5-6-25-11-12-27(20-32(25)35)31-16-14-28(21-34(31)37)30-15-13-26(19-33(30)36)23-7-9-24(10-8-23)29(17-18-38)22-39-2;1-4(2)3-5/h11-16,19-21,23-24,29,38H,3-10,17-18,22H2,1-2H3;3H,1H2,2H3. The summed E-state index contributed by atoms with van der Waals surface area (Å²) >= 11 is 0. The molecule has 1 aliphatic rings. The summed E-state index contributed by atoms with van der Waals surface area (Å²) in [6, 6.07) is 14.8. The molecule has 0 saturated heterocycles. The molecule has 1 unspecified atom stereocenters. The Bertz CT molecular complexity index is 1360. The van der Waals surface area contributed by atoms with Crippen LogP contribution in [-0.4, -0.2) is 31.7 Å². The molecule has 6 heteroatoms. The quantitative estimate of drug-likeness (QED) is 0.119. The summed E-state index contributed by atoms with van der Waals surface area (Å²) in [5.74, 6) is -0.00278. The number of halogens is 3. The Morgan fingerprint density at radius 2 is 1.52 bits per heavy atom. The molecular formula is C38H47F3O3. The number of aldehydes is 1. The summed E-state index contributed by atoms with van der Waals surface area (Å²) in [4.78, 5) is 9.41. The van der Waals surface area contributed by atoms with Crippen LogP contribution in [0.3, 0.4) is 0 Å². The van der Waals surface area contributed by atoms with Crippen molar-refractivity contribution < 1.29 is 27.8 Å². The van der Waals surface area contributed by atoms with E-state index in [0.29, 0.717) is 64.2 Å². The average molecular weight is 609 g/mol. The van der Waals surface area contributed by atoms with Gasteiger partial charge in [0.1, 0.15) is 23.7 Å². The first-order valence-corrected chi connectivity index (χ1v) is 15.8. The molecule has 1 aliphatic carbocycles. The van der Waals surface area contributed by atoms with Crippen molar-refractivity contribution in [3.8, 4) is 22.3 Å². The lowest BCUT2D eigenvalue weighted by molar-refractivity contribution is -0.104. The number of methoxy groups -OCH3 is 1. The van der Waals surface area contributed by atoms with Gasteiger partial charge in [-0.05, 0) is 116 Å². The number of hydrogen-bond donors (Lipinski definition) is 1. The van der Waals surface area contributed by atoms with Gasteiger partial charge < -0.3 is 9.84 Å². The van der Waals surface area contributed by atoms with Crippen LogP contribution in [0.2, 0.25) is 0 Å². The monoisotopic (exact) mass is 608 g/mol. The molecule has 0 radical (unpaired) electrons. The fraction of sp³-hybridized carbons (Fsp3) is 0.447. The van der Waals surface area contributed by atoms with Crippen LogP contribution in [0, 0.1) is 29.3 Å². The summed E-state index contributed by atoms with van der Waals surface area (Å²) in [7, 11) is 1.70. The largest absolute Gasteiger partial charge is 0.396 e. The average Bonchev–Trinajstić information content (AvgIpc) is 3.02. The van der Waals surface area contributed by atoms with Gasteiger partial charge in [0, 0.05) is 31.5 Å². The third kappa shape index (κ3) is 9.90. The second-order valence-corrected chi connectivity index (χ2v) is 12.0. The van der Waals surface area contributed by atoms with E-state index in [0.717, 1.165) is 63.2 Å². The van der Waals surface area contributed by atoms with Crippen LogP contribution < -0.4 is 0 Å². The lowest BCUT2D eigenvalue weighted by Gasteiger charge is -2.33. The van der Waals surface area contributed by atoms with E-state index in [4.69, 9.17) is 4.74 Å². The van der Waals surface area contributed by atoms with Gasteiger partial charge in [0.15, 0.2) is 0 Å². The minimum atomic E-state index is -0.499. The number of ether oxygens (including phenoxy) is 1. The molecule has 0 aliphatic heterocycles. The lowest BCUT2D eigenvalue weighted by Crippen LogP contribution is -2.25. The van der Waals surface area contributed by atoms with Gasteiger partial charge in [0.05, 0.1) is 0 Å².